The van der Waals surface area contributed by atoms with Gasteiger partial charge in [0.15, 0.2) is 0 Å². The molecule has 112 valence electrons. The van der Waals surface area contributed by atoms with Crippen LogP contribution in [0, 0.1) is 5.92 Å². The summed E-state index contributed by atoms with van der Waals surface area (Å²) >= 11 is 0. The minimum absolute atomic E-state index is 0.166. The Labute approximate surface area is 121 Å². The molecule has 20 heavy (non-hydrogen) atoms. The lowest BCUT2D eigenvalue weighted by atomic mass is 9.93. The van der Waals surface area contributed by atoms with Gasteiger partial charge >= 0.3 is 0 Å². The third kappa shape index (κ3) is 2.33. The van der Waals surface area contributed by atoms with E-state index in [0.29, 0.717) is 0 Å². The van der Waals surface area contributed by atoms with Gasteiger partial charge in [-0.15, -0.1) is 0 Å². The van der Waals surface area contributed by atoms with Crippen molar-refractivity contribution in [1.82, 2.24) is 9.80 Å². The molecular formula is C16H26N2O2. The zero-order valence-electron chi connectivity index (χ0n) is 12.7. The van der Waals surface area contributed by atoms with E-state index in [1.165, 1.54) is 12.8 Å². The van der Waals surface area contributed by atoms with Crippen LogP contribution in [0.4, 0.5) is 0 Å². The smallest absolute Gasteiger partial charge is 0.246 e. The molecule has 0 aromatic carbocycles. The predicted octanol–water partition coefficient (Wildman–Crippen LogP) is 2.18. The zero-order chi connectivity index (χ0) is 14.3. The van der Waals surface area contributed by atoms with Gasteiger partial charge in [0, 0.05) is 12.6 Å². The van der Waals surface area contributed by atoms with Crippen LogP contribution in [0.15, 0.2) is 0 Å². The molecule has 2 saturated heterocycles. The molecule has 2 heterocycles. The fourth-order valence-corrected chi connectivity index (χ4v) is 3.89. The van der Waals surface area contributed by atoms with E-state index >= 15 is 0 Å². The first-order valence-electron chi connectivity index (χ1n) is 8.26. The monoisotopic (exact) mass is 278 g/mol. The lowest BCUT2D eigenvalue weighted by Gasteiger charge is -2.48. The maximum Gasteiger partial charge on any atom is 0.246 e. The van der Waals surface area contributed by atoms with Crippen molar-refractivity contribution in [2.75, 3.05) is 6.54 Å². The highest BCUT2D eigenvalue weighted by molar-refractivity contribution is 5.97. The summed E-state index contributed by atoms with van der Waals surface area (Å²) in [7, 11) is 0. The van der Waals surface area contributed by atoms with E-state index < -0.39 is 0 Å². The van der Waals surface area contributed by atoms with Crippen LogP contribution in [0.3, 0.4) is 0 Å². The lowest BCUT2D eigenvalue weighted by Crippen LogP contribution is -2.67. The van der Waals surface area contributed by atoms with Crippen molar-refractivity contribution >= 4 is 11.8 Å². The Hall–Kier alpha value is -1.06. The van der Waals surface area contributed by atoms with Crippen LogP contribution in [0.2, 0.25) is 0 Å². The van der Waals surface area contributed by atoms with E-state index in [4.69, 9.17) is 0 Å². The van der Waals surface area contributed by atoms with Crippen LogP contribution >= 0.6 is 0 Å². The van der Waals surface area contributed by atoms with Crippen LogP contribution in [0.1, 0.15) is 58.8 Å². The van der Waals surface area contributed by atoms with E-state index in [1.54, 1.807) is 0 Å². The fourth-order valence-electron chi connectivity index (χ4n) is 3.89. The summed E-state index contributed by atoms with van der Waals surface area (Å²) < 4.78 is 0. The molecule has 2 aliphatic heterocycles. The summed E-state index contributed by atoms with van der Waals surface area (Å²) in [5, 5.41) is 0. The van der Waals surface area contributed by atoms with Crippen molar-refractivity contribution in [3.63, 3.8) is 0 Å². The van der Waals surface area contributed by atoms with Crippen LogP contribution < -0.4 is 0 Å². The van der Waals surface area contributed by atoms with Crippen LogP contribution in [0.5, 0.6) is 0 Å². The normalized spacial score (nSPS) is 32.3. The molecule has 3 rings (SSSR count). The Balaban J connectivity index is 1.81. The third-order valence-electron chi connectivity index (χ3n) is 5.27. The first-order chi connectivity index (χ1) is 9.63. The Bertz CT molecular complexity index is 405. The van der Waals surface area contributed by atoms with Crippen molar-refractivity contribution in [3.8, 4) is 0 Å². The third-order valence-corrected chi connectivity index (χ3v) is 5.27. The van der Waals surface area contributed by atoms with Gasteiger partial charge in [0.25, 0.3) is 0 Å². The summed E-state index contributed by atoms with van der Waals surface area (Å²) in [6.07, 6.45) is 7.63. The average molecular weight is 278 g/mol. The molecule has 0 spiro atoms. The first kappa shape index (κ1) is 13.9. The molecule has 0 aromatic rings. The molecule has 0 bridgehead atoms. The highest BCUT2D eigenvalue weighted by atomic mass is 16.2. The minimum Gasteiger partial charge on any atom is -0.329 e. The molecule has 3 unspecified atom stereocenters. The second-order valence-electron chi connectivity index (χ2n) is 6.71. The molecule has 4 heteroatoms. The number of carbonyl (C=O) groups excluding carboxylic acids is 2. The molecule has 1 saturated carbocycles. The van der Waals surface area contributed by atoms with Gasteiger partial charge in [-0.2, -0.15) is 0 Å². The van der Waals surface area contributed by atoms with Crippen LogP contribution in [-0.4, -0.2) is 46.3 Å². The number of carbonyl (C=O) groups is 2. The molecule has 0 radical (unpaired) electrons. The highest BCUT2D eigenvalue weighted by Gasteiger charge is 2.47. The standard InChI is InChI=1S/C16H26N2O2/c1-3-13(10-12-7-8-12)18-11(2)15(19)17-9-5-4-6-14(17)16(18)20/h11-14H,3-10H2,1-2H3. The average Bonchev–Trinajstić information content (AvgIpc) is 3.28. The molecule has 1 aliphatic carbocycles. The summed E-state index contributed by atoms with van der Waals surface area (Å²) in [6, 6.07) is -0.167. The Morgan fingerprint density at radius 2 is 1.90 bits per heavy atom. The van der Waals surface area contributed by atoms with Gasteiger partial charge in [-0.3, -0.25) is 9.59 Å². The Morgan fingerprint density at radius 1 is 1.15 bits per heavy atom. The van der Waals surface area contributed by atoms with Crippen molar-refractivity contribution in [2.24, 2.45) is 5.92 Å². The number of piperazine rings is 1. The summed E-state index contributed by atoms with van der Waals surface area (Å²) in [4.78, 5) is 29.2. The van der Waals surface area contributed by atoms with Crippen molar-refractivity contribution in [2.45, 2.75) is 76.9 Å². The molecule has 4 nitrogen and oxygen atoms in total. The predicted molar refractivity (Wildman–Crippen MR) is 77.1 cm³/mol. The van der Waals surface area contributed by atoms with Crippen molar-refractivity contribution in [1.29, 1.82) is 0 Å². The van der Waals surface area contributed by atoms with Crippen molar-refractivity contribution < 1.29 is 9.59 Å². The largest absolute Gasteiger partial charge is 0.329 e. The quantitative estimate of drug-likeness (QED) is 0.791. The lowest BCUT2D eigenvalue weighted by molar-refractivity contribution is -0.166. The number of amides is 2. The van der Waals surface area contributed by atoms with Gasteiger partial charge in [-0.1, -0.05) is 19.8 Å². The highest BCUT2D eigenvalue weighted by Crippen LogP contribution is 2.37. The Morgan fingerprint density at radius 3 is 2.55 bits per heavy atom. The summed E-state index contributed by atoms with van der Waals surface area (Å²) in [5.74, 6) is 1.17. The summed E-state index contributed by atoms with van der Waals surface area (Å²) in [5.41, 5.74) is 0. The SMILES string of the molecule is CCC(CC1CC1)N1C(=O)C2CCCCN2C(=O)C1C. The van der Waals surface area contributed by atoms with E-state index in [-0.39, 0.29) is 29.9 Å². The van der Waals surface area contributed by atoms with E-state index in [9.17, 15) is 9.59 Å². The van der Waals surface area contributed by atoms with Gasteiger partial charge in [0.05, 0.1) is 0 Å². The van der Waals surface area contributed by atoms with Gasteiger partial charge < -0.3 is 9.80 Å². The molecule has 3 aliphatic rings. The number of hydrogen-bond donors (Lipinski definition) is 0. The molecule has 2 amide bonds. The van der Waals surface area contributed by atoms with Gasteiger partial charge in [0.1, 0.15) is 12.1 Å². The number of hydrogen-bond acceptors (Lipinski definition) is 2. The van der Waals surface area contributed by atoms with E-state index in [0.717, 1.165) is 44.6 Å². The first-order valence-corrected chi connectivity index (χ1v) is 8.26. The maximum absolute atomic E-state index is 12.8. The number of fused-ring (bicyclic) bond motifs is 1. The second-order valence-corrected chi connectivity index (χ2v) is 6.71. The maximum atomic E-state index is 12.8. The van der Waals surface area contributed by atoms with Gasteiger partial charge in [0.2, 0.25) is 11.8 Å². The Kier molecular flexibility index (Phi) is 3.74. The minimum atomic E-state index is -0.263. The molecule has 0 N–H and O–H groups in total. The molecule has 0 aromatic heterocycles. The van der Waals surface area contributed by atoms with Crippen LogP contribution in [-0.2, 0) is 9.59 Å². The molecule has 3 fully saturated rings. The molecular weight excluding hydrogens is 252 g/mol. The van der Waals surface area contributed by atoms with E-state index in [1.807, 2.05) is 16.7 Å². The fraction of sp³-hybridized carbons (Fsp3) is 0.875. The topological polar surface area (TPSA) is 40.6 Å². The van der Waals surface area contributed by atoms with Crippen LogP contribution in [0.25, 0.3) is 0 Å². The molecule has 3 atom stereocenters. The van der Waals surface area contributed by atoms with Crippen molar-refractivity contribution in [3.05, 3.63) is 0 Å². The van der Waals surface area contributed by atoms with E-state index in [2.05, 4.69) is 6.92 Å². The van der Waals surface area contributed by atoms with Gasteiger partial charge in [-0.05, 0) is 44.9 Å². The zero-order valence-corrected chi connectivity index (χ0v) is 12.7. The summed E-state index contributed by atoms with van der Waals surface area (Å²) in [6.45, 7) is 4.83. The van der Waals surface area contributed by atoms with Gasteiger partial charge in [-0.25, -0.2) is 0 Å². The second kappa shape index (κ2) is 5.38. The number of piperidine rings is 1. The number of rotatable bonds is 4. The number of nitrogens with zero attached hydrogens (tertiary/aromatic N) is 2.